The first kappa shape index (κ1) is 20.8. The van der Waals surface area contributed by atoms with Crippen LogP contribution in [-0.2, 0) is 24.0 Å². The number of ether oxygens (including phenoxy) is 1. The van der Waals surface area contributed by atoms with Gasteiger partial charge in [-0.3, -0.25) is 4.79 Å². The lowest BCUT2D eigenvalue weighted by molar-refractivity contribution is -0.143. The highest BCUT2D eigenvalue weighted by Gasteiger charge is 2.39. The summed E-state index contributed by atoms with van der Waals surface area (Å²) in [6.07, 6.45) is 0. The molecule has 0 spiro atoms. The zero-order chi connectivity index (χ0) is 18.6. The summed E-state index contributed by atoms with van der Waals surface area (Å²) in [6.45, 7) is 10.2. The largest absolute Gasteiger partial charge is 0.468 e. The first-order chi connectivity index (χ1) is 10.9. The Morgan fingerprint density at radius 1 is 1.21 bits per heavy atom. The van der Waals surface area contributed by atoms with E-state index in [4.69, 9.17) is 9.16 Å². The monoisotopic (exact) mass is 373 g/mol. The van der Waals surface area contributed by atoms with Gasteiger partial charge in [-0.1, -0.05) is 39.0 Å². The maximum Gasteiger partial charge on any atom is 0.326 e. The van der Waals surface area contributed by atoms with E-state index in [2.05, 4.69) is 25.5 Å². The van der Waals surface area contributed by atoms with Crippen LogP contribution in [0.25, 0.3) is 0 Å². The van der Waals surface area contributed by atoms with Crippen molar-refractivity contribution in [3.8, 4) is 0 Å². The molecule has 0 aliphatic carbocycles. The van der Waals surface area contributed by atoms with Gasteiger partial charge in [0.15, 0.2) is 8.32 Å². The standard InChI is InChI=1S/C16H27NO5SSi/c1-16(2,3)24(5,6)22-12-14(15(18)21-4)17-23(19,20)13-10-8-7-9-11-13/h7-11,14,17H,12H2,1-6H3. The van der Waals surface area contributed by atoms with Crippen LogP contribution >= 0.6 is 0 Å². The lowest BCUT2D eigenvalue weighted by Crippen LogP contribution is -2.49. The molecule has 1 aromatic carbocycles. The summed E-state index contributed by atoms with van der Waals surface area (Å²) in [5.74, 6) is -0.673. The lowest BCUT2D eigenvalue weighted by atomic mass is 10.2. The molecule has 0 heterocycles. The van der Waals surface area contributed by atoms with E-state index in [9.17, 15) is 13.2 Å². The Balaban J connectivity index is 2.94. The third kappa shape index (κ3) is 5.40. The average molecular weight is 374 g/mol. The molecule has 1 N–H and O–H groups in total. The third-order valence-electron chi connectivity index (χ3n) is 4.25. The number of sulfonamides is 1. The zero-order valence-electron chi connectivity index (χ0n) is 15.1. The number of carbonyl (C=O) groups excluding carboxylic acids is 1. The lowest BCUT2D eigenvalue weighted by Gasteiger charge is -2.37. The minimum absolute atomic E-state index is 0.0496. The second-order valence-electron chi connectivity index (χ2n) is 7.08. The van der Waals surface area contributed by atoms with Gasteiger partial charge in [0, 0.05) is 0 Å². The molecule has 0 saturated heterocycles. The maximum absolute atomic E-state index is 12.4. The summed E-state index contributed by atoms with van der Waals surface area (Å²) < 4.78 is 37.9. The van der Waals surface area contributed by atoms with Gasteiger partial charge in [0.2, 0.25) is 10.0 Å². The van der Waals surface area contributed by atoms with Gasteiger partial charge >= 0.3 is 5.97 Å². The SMILES string of the molecule is COC(=O)C(CO[Si](C)(C)C(C)(C)C)NS(=O)(=O)c1ccccc1. The number of hydrogen-bond acceptors (Lipinski definition) is 5. The molecule has 0 aromatic heterocycles. The Labute approximate surface area is 145 Å². The summed E-state index contributed by atoms with van der Waals surface area (Å²) >= 11 is 0. The molecule has 136 valence electrons. The van der Waals surface area contributed by atoms with Crippen LogP contribution in [0.3, 0.4) is 0 Å². The van der Waals surface area contributed by atoms with Gasteiger partial charge in [-0.2, -0.15) is 4.72 Å². The topological polar surface area (TPSA) is 81.7 Å². The highest BCUT2D eigenvalue weighted by molar-refractivity contribution is 7.89. The molecule has 0 aliphatic rings. The van der Waals surface area contributed by atoms with Crippen molar-refractivity contribution in [2.24, 2.45) is 0 Å². The van der Waals surface area contributed by atoms with E-state index in [1.165, 1.54) is 19.2 Å². The minimum Gasteiger partial charge on any atom is -0.468 e. The molecular formula is C16H27NO5SSi. The summed E-state index contributed by atoms with van der Waals surface area (Å²) in [5, 5.41) is -0.0496. The Kier molecular flexibility index (Phi) is 6.74. The minimum atomic E-state index is -3.83. The predicted octanol–water partition coefficient (Wildman–Crippen LogP) is 2.53. The molecule has 1 rings (SSSR count). The Morgan fingerprint density at radius 3 is 2.21 bits per heavy atom. The molecule has 8 heteroatoms. The fourth-order valence-electron chi connectivity index (χ4n) is 1.66. The smallest absolute Gasteiger partial charge is 0.326 e. The fourth-order valence-corrected chi connectivity index (χ4v) is 3.86. The van der Waals surface area contributed by atoms with Crippen LogP contribution in [0.2, 0.25) is 18.1 Å². The van der Waals surface area contributed by atoms with Crippen LogP contribution in [0.1, 0.15) is 20.8 Å². The highest BCUT2D eigenvalue weighted by Crippen LogP contribution is 2.36. The van der Waals surface area contributed by atoms with Crippen molar-refractivity contribution < 1.29 is 22.4 Å². The first-order valence-corrected chi connectivity index (χ1v) is 12.1. The van der Waals surface area contributed by atoms with E-state index in [0.717, 1.165) is 0 Å². The molecule has 0 amide bonds. The van der Waals surface area contributed by atoms with Gasteiger partial charge in [-0.15, -0.1) is 0 Å². The summed E-state index contributed by atoms with van der Waals surface area (Å²) in [4.78, 5) is 12.1. The fraction of sp³-hybridized carbons (Fsp3) is 0.562. The zero-order valence-corrected chi connectivity index (χ0v) is 16.9. The molecule has 0 bridgehead atoms. The predicted molar refractivity (Wildman–Crippen MR) is 95.7 cm³/mol. The quantitative estimate of drug-likeness (QED) is 0.587. The molecule has 24 heavy (non-hydrogen) atoms. The summed E-state index contributed by atoms with van der Waals surface area (Å²) in [6, 6.07) is 6.80. The Bertz CT molecular complexity index is 653. The van der Waals surface area contributed by atoms with E-state index in [1.807, 2.05) is 13.1 Å². The number of esters is 1. The number of benzene rings is 1. The summed E-state index contributed by atoms with van der Waals surface area (Å²) in [7, 11) is -4.74. The summed E-state index contributed by atoms with van der Waals surface area (Å²) in [5.41, 5.74) is 0. The van der Waals surface area contributed by atoms with Crippen molar-refractivity contribution in [2.75, 3.05) is 13.7 Å². The van der Waals surface area contributed by atoms with Crippen molar-refractivity contribution >= 4 is 24.3 Å². The van der Waals surface area contributed by atoms with Crippen LogP contribution in [0.5, 0.6) is 0 Å². The van der Waals surface area contributed by atoms with Gasteiger partial charge in [0.25, 0.3) is 0 Å². The van der Waals surface area contributed by atoms with Crippen LogP contribution in [0.15, 0.2) is 35.2 Å². The van der Waals surface area contributed by atoms with Crippen molar-refractivity contribution in [2.45, 2.75) is 49.8 Å². The van der Waals surface area contributed by atoms with E-state index < -0.39 is 30.4 Å². The van der Waals surface area contributed by atoms with Crippen molar-refractivity contribution in [1.82, 2.24) is 4.72 Å². The van der Waals surface area contributed by atoms with Gasteiger partial charge in [-0.25, -0.2) is 8.42 Å². The second kappa shape index (κ2) is 7.77. The second-order valence-corrected chi connectivity index (χ2v) is 13.6. The Morgan fingerprint density at radius 2 is 1.75 bits per heavy atom. The average Bonchev–Trinajstić information content (AvgIpc) is 2.50. The van der Waals surface area contributed by atoms with E-state index in [1.54, 1.807) is 18.2 Å². The van der Waals surface area contributed by atoms with Crippen molar-refractivity contribution in [3.63, 3.8) is 0 Å². The molecule has 0 radical (unpaired) electrons. The molecule has 0 fully saturated rings. The van der Waals surface area contributed by atoms with Gasteiger partial charge in [-0.05, 0) is 30.3 Å². The van der Waals surface area contributed by atoms with Gasteiger partial charge in [0.1, 0.15) is 6.04 Å². The van der Waals surface area contributed by atoms with Crippen molar-refractivity contribution in [3.05, 3.63) is 30.3 Å². The normalized spacial score (nSPS) is 14.2. The van der Waals surface area contributed by atoms with E-state index in [0.29, 0.717) is 0 Å². The first-order valence-electron chi connectivity index (χ1n) is 7.70. The number of hydrogen-bond donors (Lipinski definition) is 1. The third-order valence-corrected chi connectivity index (χ3v) is 10.2. The molecule has 1 atom stereocenters. The van der Waals surface area contributed by atoms with Gasteiger partial charge in [0.05, 0.1) is 18.6 Å². The number of methoxy groups -OCH3 is 1. The Hall–Kier alpha value is -1.22. The number of nitrogens with one attached hydrogen (secondary N) is 1. The molecule has 1 aromatic rings. The molecule has 0 aliphatic heterocycles. The number of rotatable bonds is 7. The van der Waals surface area contributed by atoms with Crippen LogP contribution < -0.4 is 4.72 Å². The van der Waals surface area contributed by atoms with Crippen LogP contribution in [0.4, 0.5) is 0 Å². The van der Waals surface area contributed by atoms with E-state index in [-0.39, 0.29) is 16.5 Å². The molecule has 6 nitrogen and oxygen atoms in total. The molecule has 0 saturated carbocycles. The van der Waals surface area contributed by atoms with Crippen molar-refractivity contribution in [1.29, 1.82) is 0 Å². The molecule has 1 unspecified atom stereocenters. The molecular weight excluding hydrogens is 346 g/mol. The van der Waals surface area contributed by atoms with Crippen LogP contribution in [0, 0.1) is 0 Å². The number of carbonyl (C=O) groups is 1. The maximum atomic E-state index is 12.4. The van der Waals surface area contributed by atoms with Gasteiger partial charge < -0.3 is 9.16 Å². The van der Waals surface area contributed by atoms with Crippen LogP contribution in [-0.4, -0.2) is 42.5 Å². The van der Waals surface area contributed by atoms with E-state index >= 15 is 0 Å². The highest BCUT2D eigenvalue weighted by atomic mass is 32.2.